The van der Waals surface area contributed by atoms with E-state index in [1.54, 1.807) is 25.2 Å². The number of nitrogens with one attached hydrogen (secondary N) is 2. The number of allylic oxidation sites excluding steroid dienone is 2. The Labute approximate surface area is 207 Å². The molecule has 11 heteroatoms. The molecule has 0 aliphatic heterocycles. The van der Waals surface area contributed by atoms with Gasteiger partial charge in [0.05, 0.1) is 12.9 Å². The molecule has 1 aromatic rings. The molecule has 1 amide bonds. The van der Waals surface area contributed by atoms with Gasteiger partial charge in [0.25, 0.3) is 5.91 Å². The first kappa shape index (κ1) is 34.2. The Kier molecular flexibility index (Phi) is 21.0. The zero-order chi connectivity index (χ0) is 27.2. The molecule has 0 saturated heterocycles. The second kappa shape index (κ2) is 21.5. The van der Waals surface area contributed by atoms with Crippen molar-refractivity contribution in [3.8, 4) is 5.75 Å². The molecule has 5 N–H and O–H groups in total. The van der Waals surface area contributed by atoms with Gasteiger partial charge in [-0.2, -0.15) is 0 Å². The van der Waals surface area contributed by atoms with E-state index in [-0.39, 0.29) is 17.2 Å². The number of rotatable bonds is 13. The van der Waals surface area contributed by atoms with Gasteiger partial charge in [-0.1, -0.05) is 18.2 Å². The van der Waals surface area contributed by atoms with Crippen LogP contribution in [0.4, 0.5) is 4.39 Å². The number of pyridine rings is 1. The van der Waals surface area contributed by atoms with Crippen LogP contribution >= 0.6 is 0 Å². The number of carbonyl (C=O) groups is 1. The first-order valence-corrected chi connectivity index (χ1v) is 11.0. The van der Waals surface area contributed by atoms with E-state index in [1.807, 2.05) is 26.1 Å². The number of methoxy groups -OCH3 is 1. The molecule has 1 aromatic heterocycles. The smallest absolute Gasteiger partial charge is 0.273 e. The fourth-order valence-corrected chi connectivity index (χ4v) is 2.60. The zero-order valence-electron chi connectivity index (χ0n) is 21.3. The molecule has 0 aliphatic rings. The highest BCUT2D eigenvalue weighted by molar-refractivity contribution is 5.95. The van der Waals surface area contributed by atoms with Gasteiger partial charge in [-0.25, -0.2) is 4.39 Å². The molecule has 1 rings (SSSR count). The van der Waals surface area contributed by atoms with Crippen molar-refractivity contribution in [3.05, 3.63) is 64.9 Å². The topological polar surface area (TPSA) is 136 Å². The quantitative estimate of drug-likeness (QED) is 0.154. The summed E-state index contributed by atoms with van der Waals surface area (Å²) in [6, 6.07) is 0. The Balaban J connectivity index is 0. The lowest BCUT2D eigenvalue weighted by Gasteiger charge is -2.25. The van der Waals surface area contributed by atoms with Crippen LogP contribution in [0, 0.1) is 5.92 Å². The third-order valence-corrected chi connectivity index (χ3v) is 4.54. The van der Waals surface area contributed by atoms with E-state index in [4.69, 9.17) is 9.84 Å². The molecular weight excluding hydrogens is 459 g/mol. The molecule has 0 bridgehead atoms. The predicted molar refractivity (Wildman–Crippen MR) is 137 cm³/mol. The molecule has 0 fully saturated rings. The number of aromatic hydroxyl groups is 1. The third kappa shape index (κ3) is 12.9. The van der Waals surface area contributed by atoms with Gasteiger partial charge in [-0.3, -0.25) is 14.3 Å². The monoisotopic (exact) mass is 500 g/mol. The molecule has 0 saturated carbocycles. The summed E-state index contributed by atoms with van der Waals surface area (Å²) < 4.78 is 17.7. The molecule has 0 aromatic carbocycles. The summed E-state index contributed by atoms with van der Waals surface area (Å²) in [6.07, 6.45) is 9.21. The number of aromatic nitrogens is 1. The largest absolute Gasteiger partial charge is 0.502 e. The van der Waals surface area contributed by atoms with Crippen molar-refractivity contribution in [1.29, 1.82) is 0 Å². The predicted octanol–water partition coefficient (Wildman–Crippen LogP) is 1.06. The highest BCUT2D eigenvalue weighted by Gasteiger charge is 2.22. The number of hydrogen-bond donors (Lipinski definition) is 5. The van der Waals surface area contributed by atoms with Crippen LogP contribution in [0.5, 0.6) is 5.75 Å². The first-order valence-electron chi connectivity index (χ1n) is 11.0. The number of halogens is 1. The lowest BCUT2D eigenvalue weighted by atomic mass is 10.1. The number of ether oxygens (including phenoxy) is 1. The second-order valence-electron chi connectivity index (χ2n) is 6.92. The van der Waals surface area contributed by atoms with Gasteiger partial charge < -0.3 is 35.7 Å². The van der Waals surface area contributed by atoms with Gasteiger partial charge in [-0.15, -0.1) is 6.58 Å². The summed E-state index contributed by atoms with van der Waals surface area (Å²) >= 11 is 0. The van der Waals surface area contributed by atoms with Gasteiger partial charge >= 0.3 is 0 Å². The van der Waals surface area contributed by atoms with Crippen molar-refractivity contribution < 1.29 is 29.2 Å². The van der Waals surface area contributed by atoms with Crippen molar-refractivity contribution >= 4 is 5.91 Å². The summed E-state index contributed by atoms with van der Waals surface area (Å²) in [5.41, 5.74) is -0.872. The van der Waals surface area contributed by atoms with Crippen LogP contribution in [-0.2, 0) is 11.3 Å². The molecule has 0 radical (unpaired) electrons. The van der Waals surface area contributed by atoms with Crippen LogP contribution in [0.2, 0.25) is 0 Å². The fourth-order valence-electron chi connectivity index (χ4n) is 2.60. The van der Waals surface area contributed by atoms with Crippen molar-refractivity contribution in [2.75, 3.05) is 59.6 Å². The Morgan fingerprint density at radius 3 is 2.51 bits per heavy atom. The van der Waals surface area contributed by atoms with E-state index in [1.165, 1.54) is 16.9 Å². The maximum absolute atomic E-state index is 12.3. The molecule has 1 unspecified atom stereocenters. The summed E-state index contributed by atoms with van der Waals surface area (Å²) in [4.78, 5) is 24.2. The number of nitrogens with zero attached hydrogens (tertiary/aromatic N) is 2. The molecule has 200 valence electrons. The molecule has 0 aliphatic carbocycles. The van der Waals surface area contributed by atoms with E-state index < -0.39 is 23.7 Å². The summed E-state index contributed by atoms with van der Waals surface area (Å²) in [5.74, 6) is -0.956. The molecular formula is C24H41FN4O6. The summed E-state index contributed by atoms with van der Waals surface area (Å²) in [7, 11) is 6.14. The minimum Gasteiger partial charge on any atom is -0.502 e. The summed E-state index contributed by atoms with van der Waals surface area (Å²) in [6.45, 7) is 7.22. The number of aliphatic hydroxyl groups is 2. The number of aliphatic hydroxyl groups excluding tert-OH is 2. The second-order valence-corrected chi connectivity index (χ2v) is 6.92. The average molecular weight is 501 g/mol. The van der Waals surface area contributed by atoms with Gasteiger partial charge in [0, 0.05) is 65.2 Å². The zero-order valence-corrected chi connectivity index (χ0v) is 21.3. The highest BCUT2D eigenvalue weighted by Crippen LogP contribution is 2.14. The maximum atomic E-state index is 12.3. The SMILES string of the molecule is C=CC(C=C/C=C/F)CNC.CCN(C)n1cc(CO)c(=O)c(O)c1C(=O)NCCCOC.CO. The van der Waals surface area contributed by atoms with Crippen LogP contribution in [0.15, 0.2) is 48.2 Å². The van der Waals surface area contributed by atoms with Crippen molar-refractivity contribution in [3.63, 3.8) is 0 Å². The lowest BCUT2D eigenvalue weighted by molar-refractivity contribution is 0.0934. The van der Waals surface area contributed by atoms with Gasteiger partial charge in [0.1, 0.15) is 0 Å². The van der Waals surface area contributed by atoms with E-state index in [9.17, 15) is 24.2 Å². The first-order chi connectivity index (χ1) is 16.8. The Morgan fingerprint density at radius 2 is 2.03 bits per heavy atom. The Hall–Kier alpha value is -2.99. The van der Waals surface area contributed by atoms with E-state index in [2.05, 4.69) is 17.2 Å². The third-order valence-electron chi connectivity index (χ3n) is 4.54. The summed E-state index contributed by atoms with van der Waals surface area (Å²) in [5, 5.41) is 33.5. The van der Waals surface area contributed by atoms with Crippen LogP contribution in [0.3, 0.4) is 0 Å². The van der Waals surface area contributed by atoms with Crippen molar-refractivity contribution in [1.82, 2.24) is 15.3 Å². The molecule has 35 heavy (non-hydrogen) atoms. The van der Waals surface area contributed by atoms with Crippen LogP contribution < -0.4 is 21.1 Å². The molecule has 0 spiro atoms. The minimum atomic E-state index is -0.745. The van der Waals surface area contributed by atoms with E-state index in [0.29, 0.717) is 32.4 Å². The van der Waals surface area contributed by atoms with E-state index in [0.717, 1.165) is 13.7 Å². The standard InChI is InChI=1S/C14H23N3O5.C9H14FN.CH4O/c1-4-16(2)17-8-10(9-18)12(19)13(20)11(17)14(21)15-6-5-7-22-3;1-3-9(8-11-2)6-4-5-7-10;1-2/h8,18,20H,4-7,9H2,1-3H3,(H,15,21);3-7,9,11H,1,8H2,2H3;2H,1H3/b;6-4?,7-5+;. The highest BCUT2D eigenvalue weighted by atomic mass is 19.1. The number of amides is 1. The normalized spacial score (nSPS) is 11.3. The van der Waals surface area contributed by atoms with Gasteiger partial charge in [-0.05, 0) is 26.5 Å². The van der Waals surface area contributed by atoms with Crippen molar-refractivity contribution in [2.24, 2.45) is 5.92 Å². The Morgan fingerprint density at radius 1 is 1.37 bits per heavy atom. The molecule has 1 atom stereocenters. The molecule has 10 nitrogen and oxygen atoms in total. The van der Waals surface area contributed by atoms with Gasteiger partial charge in [0.2, 0.25) is 5.43 Å². The average Bonchev–Trinajstić information content (AvgIpc) is 2.88. The van der Waals surface area contributed by atoms with Gasteiger partial charge in [0.15, 0.2) is 11.4 Å². The van der Waals surface area contributed by atoms with Crippen molar-refractivity contribution in [2.45, 2.75) is 20.0 Å². The van der Waals surface area contributed by atoms with Crippen LogP contribution in [0.1, 0.15) is 29.4 Å². The molecule has 1 heterocycles. The van der Waals surface area contributed by atoms with Crippen LogP contribution in [0.25, 0.3) is 0 Å². The fraction of sp³-hybridized carbons (Fsp3) is 0.500. The number of hydrogen-bond acceptors (Lipinski definition) is 8. The Bertz CT molecular complexity index is 842. The minimum absolute atomic E-state index is 0.0220. The maximum Gasteiger partial charge on any atom is 0.273 e. The van der Waals surface area contributed by atoms with Crippen LogP contribution in [-0.4, -0.2) is 80.5 Å². The lowest BCUT2D eigenvalue weighted by Crippen LogP contribution is -2.39. The number of carbonyl (C=O) groups excluding carboxylic acids is 1. The van der Waals surface area contributed by atoms with E-state index >= 15 is 0 Å².